The lowest BCUT2D eigenvalue weighted by molar-refractivity contribution is -0.132. The molecular formula is C15H22N2O2S2. The number of hydrogen-bond donors (Lipinski definition) is 2. The van der Waals surface area contributed by atoms with Crippen LogP contribution in [-0.4, -0.2) is 33.4 Å². The van der Waals surface area contributed by atoms with Gasteiger partial charge in [0, 0.05) is 28.3 Å². The van der Waals surface area contributed by atoms with E-state index in [1.165, 1.54) is 4.34 Å². The van der Waals surface area contributed by atoms with Crippen molar-refractivity contribution in [3.05, 3.63) is 11.1 Å². The van der Waals surface area contributed by atoms with Crippen molar-refractivity contribution >= 4 is 29.0 Å². The molecule has 2 aliphatic carbocycles. The van der Waals surface area contributed by atoms with Crippen molar-refractivity contribution in [3.8, 4) is 0 Å². The Bertz CT molecular complexity index is 492. The number of carbonyl (C=O) groups excluding carboxylic acids is 1. The van der Waals surface area contributed by atoms with Crippen molar-refractivity contribution in [3.63, 3.8) is 0 Å². The molecule has 0 atom stereocenters. The molecule has 2 saturated carbocycles. The van der Waals surface area contributed by atoms with Gasteiger partial charge in [-0.1, -0.05) is 11.8 Å². The maximum atomic E-state index is 12.0. The first-order valence-corrected chi connectivity index (χ1v) is 9.43. The van der Waals surface area contributed by atoms with Crippen molar-refractivity contribution < 1.29 is 9.90 Å². The quantitative estimate of drug-likeness (QED) is 0.893. The van der Waals surface area contributed by atoms with Crippen molar-refractivity contribution in [1.82, 2.24) is 10.3 Å². The number of thioether (sulfide) groups is 1. The zero-order valence-corrected chi connectivity index (χ0v) is 13.9. The van der Waals surface area contributed by atoms with E-state index in [9.17, 15) is 9.90 Å². The van der Waals surface area contributed by atoms with Gasteiger partial charge in [0.2, 0.25) is 5.91 Å². The van der Waals surface area contributed by atoms with Gasteiger partial charge in [0.15, 0.2) is 0 Å². The van der Waals surface area contributed by atoms with E-state index in [1.54, 1.807) is 11.3 Å². The number of nitrogens with one attached hydrogen (secondary N) is 1. The maximum Gasteiger partial charge on any atom is 0.223 e. The highest BCUT2D eigenvalue weighted by molar-refractivity contribution is 8.01. The summed E-state index contributed by atoms with van der Waals surface area (Å²) in [5, 5.41) is 15.2. The van der Waals surface area contributed by atoms with Gasteiger partial charge >= 0.3 is 0 Å². The van der Waals surface area contributed by atoms with Crippen LogP contribution in [0.15, 0.2) is 9.72 Å². The van der Waals surface area contributed by atoms with Gasteiger partial charge < -0.3 is 10.4 Å². The highest BCUT2D eigenvalue weighted by Crippen LogP contribution is 2.35. The molecule has 116 valence electrons. The predicted molar refractivity (Wildman–Crippen MR) is 85.6 cm³/mol. The Kier molecular flexibility index (Phi) is 4.86. The van der Waals surface area contributed by atoms with Crippen LogP contribution in [0, 0.1) is 12.8 Å². The summed E-state index contributed by atoms with van der Waals surface area (Å²) in [5.41, 5.74) is 1.10. The summed E-state index contributed by atoms with van der Waals surface area (Å²) in [6.45, 7) is 2.03. The number of rotatable bonds is 4. The van der Waals surface area contributed by atoms with Gasteiger partial charge in [-0.2, -0.15) is 0 Å². The zero-order valence-electron chi connectivity index (χ0n) is 12.2. The van der Waals surface area contributed by atoms with E-state index in [4.69, 9.17) is 0 Å². The molecule has 1 amide bonds. The van der Waals surface area contributed by atoms with E-state index in [1.807, 2.05) is 18.7 Å². The molecule has 1 aromatic rings. The van der Waals surface area contributed by atoms with Gasteiger partial charge in [0.1, 0.15) is 4.34 Å². The number of hydrogen-bond acceptors (Lipinski definition) is 5. The average molecular weight is 326 g/mol. The summed E-state index contributed by atoms with van der Waals surface area (Å²) < 4.78 is 1.17. The normalized spacial score (nSPS) is 32.5. The smallest absolute Gasteiger partial charge is 0.223 e. The standard InChI is InChI=1S/C15H22N2O2S2/c1-9-8-20-15(16-9)21-13-4-2-11(3-5-13)17-14(19)10-6-12(18)7-10/h8,10-13,18H,2-7H2,1H3,(H,17,19). The second-order valence-electron chi connectivity index (χ2n) is 6.18. The minimum atomic E-state index is -0.255. The fourth-order valence-corrected chi connectivity index (χ4v) is 5.26. The third-order valence-corrected chi connectivity index (χ3v) is 6.80. The summed E-state index contributed by atoms with van der Waals surface area (Å²) in [5.74, 6) is 0.192. The first-order chi connectivity index (χ1) is 10.1. The molecule has 6 heteroatoms. The molecule has 0 aromatic carbocycles. The Hall–Kier alpha value is -0.590. The summed E-state index contributed by atoms with van der Waals surface area (Å²) in [6.07, 6.45) is 5.42. The molecule has 0 radical (unpaired) electrons. The minimum Gasteiger partial charge on any atom is -0.393 e. The lowest BCUT2D eigenvalue weighted by atomic mass is 9.81. The molecule has 1 aromatic heterocycles. The number of aromatic nitrogens is 1. The van der Waals surface area contributed by atoms with Gasteiger partial charge in [-0.15, -0.1) is 11.3 Å². The first-order valence-electron chi connectivity index (χ1n) is 7.67. The second kappa shape index (κ2) is 6.67. The zero-order chi connectivity index (χ0) is 14.8. The summed E-state index contributed by atoms with van der Waals surface area (Å²) >= 11 is 3.62. The van der Waals surface area contributed by atoms with Crippen molar-refractivity contribution in [2.24, 2.45) is 5.92 Å². The fourth-order valence-electron chi connectivity index (χ4n) is 2.98. The van der Waals surface area contributed by atoms with E-state index in [-0.39, 0.29) is 17.9 Å². The van der Waals surface area contributed by atoms with E-state index >= 15 is 0 Å². The maximum absolute atomic E-state index is 12.0. The molecular weight excluding hydrogens is 304 g/mol. The van der Waals surface area contributed by atoms with Gasteiger partial charge in [-0.05, 0) is 45.4 Å². The molecule has 0 bridgehead atoms. The minimum absolute atomic E-state index is 0.0467. The van der Waals surface area contributed by atoms with Crippen molar-refractivity contribution in [1.29, 1.82) is 0 Å². The van der Waals surface area contributed by atoms with E-state index in [0.717, 1.165) is 31.4 Å². The van der Waals surface area contributed by atoms with Gasteiger partial charge in [-0.3, -0.25) is 4.79 Å². The monoisotopic (exact) mass is 326 g/mol. The summed E-state index contributed by atoms with van der Waals surface area (Å²) in [4.78, 5) is 16.5. The van der Waals surface area contributed by atoms with Crippen LogP contribution in [0.5, 0.6) is 0 Å². The molecule has 3 rings (SSSR count). The number of thiazole rings is 1. The Morgan fingerprint density at radius 3 is 2.67 bits per heavy atom. The van der Waals surface area contributed by atoms with Gasteiger partial charge in [-0.25, -0.2) is 4.98 Å². The lowest BCUT2D eigenvalue weighted by Gasteiger charge is -2.33. The van der Waals surface area contributed by atoms with Crippen LogP contribution in [0.2, 0.25) is 0 Å². The van der Waals surface area contributed by atoms with E-state index < -0.39 is 0 Å². The highest BCUT2D eigenvalue weighted by atomic mass is 32.2. The SMILES string of the molecule is Cc1csc(SC2CCC(NC(=O)C3CC(O)C3)CC2)n1. The van der Waals surface area contributed by atoms with Crippen molar-refractivity contribution in [2.75, 3.05) is 0 Å². The number of amides is 1. The van der Waals surface area contributed by atoms with Crippen LogP contribution in [0.25, 0.3) is 0 Å². The molecule has 1 heterocycles. The molecule has 0 unspecified atom stereocenters. The number of aryl methyl sites for hydroxylation is 1. The summed E-state index contributed by atoms with van der Waals surface area (Å²) in [6, 6.07) is 0.324. The van der Waals surface area contributed by atoms with Crippen molar-refractivity contribution in [2.45, 2.75) is 67.2 Å². The Labute approximate surface area is 133 Å². The molecule has 2 aliphatic rings. The average Bonchev–Trinajstić information content (AvgIpc) is 2.83. The third kappa shape index (κ3) is 3.99. The molecule has 0 saturated heterocycles. The Morgan fingerprint density at radius 1 is 1.38 bits per heavy atom. The van der Waals surface area contributed by atoms with Crippen LogP contribution in [0.1, 0.15) is 44.2 Å². The Balaban J connectivity index is 1.39. The number of nitrogens with zero attached hydrogens (tertiary/aromatic N) is 1. The van der Waals surface area contributed by atoms with Crippen LogP contribution in [0.3, 0.4) is 0 Å². The molecule has 0 spiro atoms. The number of carbonyl (C=O) groups is 1. The fraction of sp³-hybridized carbons (Fsp3) is 0.733. The number of aliphatic hydroxyl groups excluding tert-OH is 1. The molecule has 21 heavy (non-hydrogen) atoms. The van der Waals surface area contributed by atoms with Gasteiger partial charge in [0.05, 0.1) is 6.10 Å². The molecule has 0 aliphatic heterocycles. The molecule has 4 nitrogen and oxygen atoms in total. The summed E-state index contributed by atoms with van der Waals surface area (Å²) in [7, 11) is 0. The topological polar surface area (TPSA) is 62.2 Å². The van der Waals surface area contributed by atoms with Crippen LogP contribution in [0.4, 0.5) is 0 Å². The predicted octanol–water partition coefficient (Wildman–Crippen LogP) is 2.74. The van der Waals surface area contributed by atoms with E-state index in [0.29, 0.717) is 24.1 Å². The number of aliphatic hydroxyl groups is 1. The van der Waals surface area contributed by atoms with E-state index in [2.05, 4.69) is 15.7 Å². The third-order valence-electron chi connectivity index (χ3n) is 4.37. The first kappa shape index (κ1) is 15.3. The second-order valence-corrected chi connectivity index (χ2v) is 8.58. The highest BCUT2D eigenvalue weighted by Gasteiger charge is 2.34. The van der Waals surface area contributed by atoms with Crippen LogP contribution >= 0.6 is 23.1 Å². The van der Waals surface area contributed by atoms with Gasteiger partial charge in [0.25, 0.3) is 0 Å². The largest absolute Gasteiger partial charge is 0.393 e. The molecule has 2 N–H and O–H groups in total. The molecule has 2 fully saturated rings. The Morgan fingerprint density at radius 2 is 2.10 bits per heavy atom. The van der Waals surface area contributed by atoms with Crippen LogP contribution < -0.4 is 5.32 Å². The lowest BCUT2D eigenvalue weighted by Crippen LogP contribution is -2.46. The van der Waals surface area contributed by atoms with Crippen LogP contribution in [-0.2, 0) is 4.79 Å².